The van der Waals surface area contributed by atoms with Crippen molar-refractivity contribution < 1.29 is 32.2 Å². The van der Waals surface area contributed by atoms with E-state index in [1.54, 1.807) is 32.9 Å². The Morgan fingerprint density at radius 2 is 1.60 bits per heavy atom. The van der Waals surface area contributed by atoms with E-state index in [2.05, 4.69) is 12.0 Å². The molecule has 0 fully saturated rings. The molecule has 0 amide bonds. The Hall–Kier alpha value is -3.31. The van der Waals surface area contributed by atoms with Crippen molar-refractivity contribution in [2.24, 2.45) is 0 Å². The molecule has 0 spiro atoms. The zero-order valence-corrected chi connectivity index (χ0v) is 25.1. The first kappa shape index (κ1) is 34.9. The fourth-order valence-corrected chi connectivity index (χ4v) is 4.24. The highest BCUT2D eigenvalue weighted by atomic mass is 19.4. The van der Waals surface area contributed by atoms with E-state index >= 15 is 0 Å². The molecule has 0 N–H and O–H groups in total. The number of ether oxygens (including phenoxy) is 3. The molecule has 0 aliphatic carbocycles. The van der Waals surface area contributed by atoms with Crippen LogP contribution in [0.5, 0.6) is 11.6 Å². The smallest absolute Gasteiger partial charge is 0.389 e. The van der Waals surface area contributed by atoms with E-state index in [4.69, 9.17) is 14.2 Å². The molecule has 0 atom stereocenters. The van der Waals surface area contributed by atoms with Crippen LogP contribution in [0.15, 0.2) is 33.9 Å². The monoisotopic (exact) mass is 599 g/mol. The second-order valence-corrected chi connectivity index (χ2v) is 10.7. The molecule has 1 aromatic carbocycles. The van der Waals surface area contributed by atoms with E-state index in [1.807, 2.05) is 12.1 Å². The summed E-state index contributed by atoms with van der Waals surface area (Å²) in [5.41, 5.74) is -1.46. The topological polar surface area (TPSA) is 102 Å². The maximum atomic E-state index is 12.9. The number of benzene rings is 1. The van der Waals surface area contributed by atoms with E-state index in [0.717, 1.165) is 53.3 Å². The fourth-order valence-electron chi connectivity index (χ4n) is 4.24. The maximum absolute atomic E-state index is 12.9. The normalized spacial score (nSPS) is 11.9. The molecular weight excluding hydrogens is 555 g/mol. The Balaban J connectivity index is 1.96. The number of carbonyl (C=O) groups excluding carboxylic acids is 1. The van der Waals surface area contributed by atoms with E-state index in [1.165, 1.54) is 0 Å². The van der Waals surface area contributed by atoms with Crippen LogP contribution in [0.1, 0.15) is 91.0 Å². The summed E-state index contributed by atoms with van der Waals surface area (Å²) in [4.78, 5) is 37.8. The van der Waals surface area contributed by atoms with Crippen molar-refractivity contribution in [1.29, 1.82) is 0 Å². The van der Waals surface area contributed by atoms with Crippen molar-refractivity contribution in [3.63, 3.8) is 0 Å². The van der Waals surface area contributed by atoms with Crippen molar-refractivity contribution in [1.82, 2.24) is 14.3 Å². The van der Waals surface area contributed by atoms with Crippen LogP contribution in [0.2, 0.25) is 0 Å². The molecule has 2 aromatic rings. The molecule has 0 saturated carbocycles. The summed E-state index contributed by atoms with van der Waals surface area (Å²) >= 11 is 0. The van der Waals surface area contributed by atoms with Crippen LogP contribution in [0.4, 0.5) is 13.2 Å². The second kappa shape index (κ2) is 17.0. The molecule has 0 saturated heterocycles. The standard InChI is InChI=1S/C30H44F3N3O6/c1-5-7-8-9-11-20-35-26(37)25(34-36(28(35)39)21-13-19-30(31,32)33)41-22-12-10-14-23-15-17-24(18-16-23)42-29(3,4)27(38)40-6-2/h15-18H,5-14,19-22H2,1-4H3. The molecule has 0 unspecified atom stereocenters. The van der Waals surface area contributed by atoms with E-state index in [0.29, 0.717) is 18.6 Å². The Kier molecular flexibility index (Phi) is 14.1. The number of nitrogens with zero attached hydrogens (tertiary/aromatic N) is 3. The predicted octanol–water partition coefficient (Wildman–Crippen LogP) is 5.84. The first-order valence-electron chi connectivity index (χ1n) is 14.7. The van der Waals surface area contributed by atoms with Crippen LogP contribution in [-0.4, -0.2) is 45.3 Å². The average molecular weight is 600 g/mol. The minimum absolute atomic E-state index is 0.161. The largest absolute Gasteiger partial charge is 0.476 e. The number of halogens is 3. The third-order valence-corrected chi connectivity index (χ3v) is 6.57. The van der Waals surface area contributed by atoms with Gasteiger partial charge < -0.3 is 14.2 Å². The highest BCUT2D eigenvalue weighted by Gasteiger charge is 2.31. The van der Waals surface area contributed by atoms with Gasteiger partial charge in [-0.25, -0.2) is 14.3 Å². The summed E-state index contributed by atoms with van der Waals surface area (Å²) in [6.45, 7) is 7.43. The summed E-state index contributed by atoms with van der Waals surface area (Å²) in [5.74, 6) is -0.182. The minimum Gasteiger partial charge on any atom is -0.476 e. The SMILES string of the molecule is CCCCCCCn1c(=O)c(OCCCCc2ccc(OC(C)(C)C(=O)OCC)cc2)nn(CCCC(F)(F)F)c1=O. The average Bonchev–Trinajstić information content (AvgIpc) is 2.92. The molecule has 0 radical (unpaired) electrons. The minimum atomic E-state index is -4.34. The molecule has 1 heterocycles. The van der Waals surface area contributed by atoms with Crippen molar-refractivity contribution in [2.75, 3.05) is 13.2 Å². The van der Waals surface area contributed by atoms with Gasteiger partial charge in [-0.05, 0) is 70.6 Å². The van der Waals surface area contributed by atoms with Crippen LogP contribution < -0.4 is 20.7 Å². The van der Waals surface area contributed by atoms with Gasteiger partial charge in [0.2, 0.25) is 0 Å². The van der Waals surface area contributed by atoms with E-state index < -0.39 is 35.4 Å². The fraction of sp³-hybridized carbons (Fsp3) is 0.667. The predicted molar refractivity (Wildman–Crippen MR) is 153 cm³/mol. The van der Waals surface area contributed by atoms with Gasteiger partial charge in [-0.15, -0.1) is 5.10 Å². The Morgan fingerprint density at radius 3 is 2.24 bits per heavy atom. The van der Waals surface area contributed by atoms with Crippen LogP contribution in [0, 0.1) is 0 Å². The van der Waals surface area contributed by atoms with Gasteiger partial charge >= 0.3 is 23.4 Å². The van der Waals surface area contributed by atoms with Gasteiger partial charge in [-0.3, -0.25) is 9.36 Å². The third-order valence-electron chi connectivity index (χ3n) is 6.57. The summed E-state index contributed by atoms with van der Waals surface area (Å²) in [6, 6.07) is 7.36. The number of rotatable bonds is 19. The van der Waals surface area contributed by atoms with Crippen LogP contribution in [0.3, 0.4) is 0 Å². The quantitative estimate of drug-likeness (QED) is 0.148. The molecule has 42 heavy (non-hydrogen) atoms. The lowest BCUT2D eigenvalue weighted by molar-refractivity contribution is -0.158. The molecule has 12 heteroatoms. The van der Waals surface area contributed by atoms with Crippen LogP contribution >= 0.6 is 0 Å². The van der Waals surface area contributed by atoms with Gasteiger partial charge in [0.15, 0.2) is 5.60 Å². The number of hydrogen-bond donors (Lipinski definition) is 0. The van der Waals surface area contributed by atoms with E-state index in [-0.39, 0.29) is 38.6 Å². The Bertz CT molecular complexity index is 1220. The van der Waals surface area contributed by atoms with E-state index in [9.17, 15) is 27.6 Å². The number of alkyl halides is 3. The van der Waals surface area contributed by atoms with Crippen molar-refractivity contribution >= 4 is 5.97 Å². The number of aryl methyl sites for hydroxylation is 2. The van der Waals surface area contributed by atoms with Gasteiger partial charge in [0.1, 0.15) is 5.75 Å². The molecule has 9 nitrogen and oxygen atoms in total. The number of carbonyl (C=O) groups is 1. The van der Waals surface area contributed by atoms with Gasteiger partial charge in [0.05, 0.1) is 13.2 Å². The summed E-state index contributed by atoms with van der Waals surface area (Å²) in [5, 5.41) is 3.96. The van der Waals surface area contributed by atoms with Gasteiger partial charge in [0, 0.05) is 19.5 Å². The Morgan fingerprint density at radius 1 is 0.905 bits per heavy atom. The van der Waals surface area contributed by atoms with Crippen molar-refractivity contribution in [3.8, 4) is 11.6 Å². The number of esters is 1. The number of hydrogen-bond acceptors (Lipinski definition) is 7. The van der Waals surface area contributed by atoms with Gasteiger partial charge in [-0.2, -0.15) is 13.2 Å². The molecule has 0 aliphatic rings. The first-order valence-corrected chi connectivity index (χ1v) is 14.7. The second-order valence-electron chi connectivity index (χ2n) is 10.7. The lowest BCUT2D eigenvalue weighted by Gasteiger charge is -2.24. The lowest BCUT2D eigenvalue weighted by Crippen LogP contribution is -2.42. The number of unbranched alkanes of at least 4 members (excludes halogenated alkanes) is 5. The molecule has 2 rings (SSSR count). The molecular formula is C30H44F3N3O6. The molecule has 0 aliphatic heterocycles. The van der Waals surface area contributed by atoms with Gasteiger partial charge in [-0.1, -0.05) is 44.7 Å². The highest BCUT2D eigenvalue weighted by molar-refractivity contribution is 5.79. The van der Waals surface area contributed by atoms with Crippen molar-refractivity contribution in [3.05, 3.63) is 50.7 Å². The molecule has 1 aromatic heterocycles. The summed E-state index contributed by atoms with van der Waals surface area (Å²) in [6.07, 6.45) is 0.819. The van der Waals surface area contributed by atoms with Crippen molar-refractivity contribution in [2.45, 2.75) is 117 Å². The highest BCUT2D eigenvalue weighted by Crippen LogP contribution is 2.22. The Labute approximate surface area is 245 Å². The van der Waals surface area contributed by atoms with Crippen LogP contribution in [0.25, 0.3) is 0 Å². The first-order chi connectivity index (χ1) is 19.9. The lowest BCUT2D eigenvalue weighted by atomic mass is 10.1. The number of aromatic nitrogens is 3. The zero-order chi connectivity index (χ0) is 31.2. The maximum Gasteiger partial charge on any atom is 0.389 e. The zero-order valence-electron chi connectivity index (χ0n) is 25.1. The van der Waals surface area contributed by atoms with Gasteiger partial charge in [0.25, 0.3) is 5.88 Å². The summed E-state index contributed by atoms with van der Waals surface area (Å²) in [7, 11) is 0. The third kappa shape index (κ3) is 11.9. The summed E-state index contributed by atoms with van der Waals surface area (Å²) < 4.78 is 56.3. The molecule has 0 bridgehead atoms. The molecule has 236 valence electrons. The van der Waals surface area contributed by atoms with Crippen LogP contribution in [-0.2, 0) is 29.0 Å².